The normalized spacial score (nSPS) is 14.3. The maximum atomic E-state index is 14.4. The van der Waals surface area contributed by atoms with Crippen molar-refractivity contribution in [3.63, 3.8) is 0 Å². The number of fused-ring (bicyclic) bond motifs is 1. The number of para-hydroxylation sites is 1. The lowest BCUT2D eigenvalue weighted by molar-refractivity contribution is -0.135. The van der Waals surface area contributed by atoms with Gasteiger partial charge < -0.3 is 73.4 Å². The summed E-state index contributed by atoms with van der Waals surface area (Å²) < 4.78 is 11.3. The smallest absolute Gasteiger partial charge is 0.408 e. The van der Waals surface area contributed by atoms with Crippen molar-refractivity contribution in [1.82, 2.24) is 57.5 Å². The van der Waals surface area contributed by atoms with E-state index in [4.69, 9.17) is 20.9 Å². The molecule has 0 saturated carbocycles. The van der Waals surface area contributed by atoms with Crippen LogP contribution < -0.4 is 54.0 Å². The monoisotopic (exact) mass is 1160 g/mol. The second-order valence-electron chi connectivity index (χ2n) is 22.4. The third-order valence-corrected chi connectivity index (χ3v) is 13.1. The number of nitrogens with zero attached hydrogens (tertiary/aromatic N) is 1. The van der Waals surface area contributed by atoms with E-state index in [-0.39, 0.29) is 44.6 Å². The molecular weight excluding hydrogens is 1070 g/mol. The number of unbranched alkanes of at least 4 members (excludes halogenated alkanes) is 1. The number of aromatic nitrogens is 3. The first-order valence-corrected chi connectivity index (χ1v) is 28.1. The van der Waals surface area contributed by atoms with Crippen LogP contribution in [0.1, 0.15) is 118 Å². The molecule has 0 aliphatic rings. The van der Waals surface area contributed by atoms with E-state index in [1.807, 2.05) is 39.0 Å². The topological polar surface area (TPSA) is 382 Å². The predicted molar refractivity (Wildman–Crippen MR) is 309 cm³/mol. The number of rotatable bonds is 34. The Bertz CT molecular complexity index is 2800. The summed E-state index contributed by atoms with van der Waals surface area (Å²) >= 11 is 0. The van der Waals surface area contributed by atoms with Gasteiger partial charge in [0, 0.05) is 54.7 Å². The third kappa shape index (κ3) is 23.6. The number of imidazole rings is 1. The van der Waals surface area contributed by atoms with E-state index in [0.717, 1.165) is 23.7 Å². The maximum absolute atomic E-state index is 14.4. The first-order valence-electron chi connectivity index (χ1n) is 28.1. The Hall–Kier alpha value is -8.35. The van der Waals surface area contributed by atoms with Crippen molar-refractivity contribution in [2.24, 2.45) is 23.3 Å². The molecule has 2 heterocycles. The molecule has 4 aromatic rings. The largest absolute Gasteiger partial charge is 0.444 e. The molecule has 83 heavy (non-hydrogen) atoms. The molecule has 25 heteroatoms. The van der Waals surface area contributed by atoms with Crippen molar-refractivity contribution in [3.05, 3.63) is 90.1 Å². The van der Waals surface area contributed by atoms with Gasteiger partial charge >= 0.3 is 6.09 Å². The maximum Gasteiger partial charge on any atom is 0.408 e. The van der Waals surface area contributed by atoms with E-state index in [0.29, 0.717) is 29.7 Å². The van der Waals surface area contributed by atoms with Crippen LogP contribution in [0.5, 0.6) is 0 Å². The van der Waals surface area contributed by atoms with Crippen LogP contribution in [0.15, 0.2) is 73.3 Å². The number of benzene rings is 2. The molecular formula is C58H85N13O12. The third-order valence-electron chi connectivity index (χ3n) is 13.1. The highest BCUT2D eigenvalue weighted by Gasteiger charge is 2.34. The Balaban J connectivity index is 1.49. The van der Waals surface area contributed by atoms with Crippen LogP contribution in [0.4, 0.5) is 4.79 Å². The van der Waals surface area contributed by atoms with E-state index in [2.05, 4.69) is 57.5 Å². The zero-order chi connectivity index (χ0) is 61.4. The Labute approximate surface area is 484 Å². The fourth-order valence-corrected chi connectivity index (χ4v) is 8.85. The SMILES string of the molecule is CCCC[C@H](OC[C@H](CC(C)C)NC(=O)[C@H](Cc1cnc[nH]1)NC(=O)CNC(=O)[C@@H](NC(=O)[C@H](C)NC(=O)[C@H](Cc1c[nH]c2ccccc12)NC(=O)[C@H](CCC(N)=O)NC(=O)[C@@H](Cc1ccccc1)NC(=O)OC(C)(C)C)C(C)C)C(N)=O. The Morgan fingerprint density at radius 2 is 1.29 bits per heavy atom. The number of amides is 10. The molecule has 0 bridgehead atoms. The van der Waals surface area contributed by atoms with Crippen LogP contribution in [0.25, 0.3) is 10.9 Å². The average Bonchev–Trinajstić information content (AvgIpc) is 4.27. The predicted octanol–water partition coefficient (Wildman–Crippen LogP) is 1.89. The van der Waals surface area contributed by atoms with Gasteiger partial charge in [-0.1, -0.05) is 96.0 Å². The van der Waals surface area contributed by atoms with E-state index in [9.17, 15) is 47.9 Å². The first-order chi connectivity index (χ1) is 39.2. The second-order valence-corrected chi connectivity index (χ2v) is 22.4. The fraction of sp³-hybridized carbons (Fsp3) is 0.534. The van der Waals surface area contributed by atoms with Gasteiger partial charge in [0.15, 0.2) is 0 Å². The standard InChI is InChI=1S/C58H85N13O12/c1-10-11-21-46(50(60)74)82-31-39(24-33(2)3)66-54(78)45(27-38-29-61-32-64-38)67-48(73)30-63-56(80)49(34(4)5)71-51(75)35(6)65-53(77)44(26-37-28-62-41-20-16-15-19-40(37)41)69-52(76)42(22-23-47(59)72)68-55(79)43(25-36-17-13-12-14-18-36)70-57(81)83-58(7,8)9/h12-20,28-29,32-35,39,42-46,49,62H,10-11,21-27,30-31H2,1-9H3,(H2,59,72)(H2,60,74)(H,61,64)(H,63,80)(H,65,77)(H,66,78)(H,67,73)(H,68,79)(H,69,76)(H,70,81)(H,71,75)/t35-,39-,42-,43+,44-,45-,46-,49-/m0/s1. The summed E-state index contributed by atoms with van der Waals surface area (Å²) in [4.78, 5) is 145. The number of alkyl carbamates (subject to hydrolysis) is 1. The van der Waals surface area contributed by atoms with Crippen LogP contribution in [0.3, 0.4) is 0 Å². The molecule has 4 rings (SSSR count). The molecule has 25 nitrogen and oxygen atoms in total. The van der Waals surface area contributed by atoms with Gasteiger partial charge in [-0.2, -0.15) is 0 Å². The minimum atomic E-state index is -1.47. The highest BCUT2D eigenvalue weighted by atomic mass is 16.6. The van der Waals surface area contributed by atoms with Crippen molar-refractivity contribution in [1.29, 1.82) is 0 Å². The lowest BCUT2D eigenvalue weighted by Gasteiger charge is -2.27. The lowest BCUT2D eigenvalue weighted by Crippen LogP contribution is -2.60. The quantitative estimate of drug-likeness (QED) is 0.0318. The van der Waals surface area contributed by atoms with Gasteiger partial charge in [0.25, 0.3) is 0 Å². The van der Waals surface area contributed by atoms with Gasteiger partial charge in [-0.3, -0.25) is 43.2 Å². The molecule has 0 unspecified atom stereocenters. The zero-order valence-corrected chi connectivity index (χ0v) is 49.0. The Morgan fingerprint density at radius 3 is 1.92 bits per heavy atom. The number of ether oxygens (including phenoxy) is 2. The van der Waals surface area contributed by atoms with Crippen molar-refractivity contribution in [3.8, 4) is 0 Å². The summed E-state index contributed by atoms with van der Waals surface area (Å²) in [5.74, 6) is -7.19. The molecule has 2 aromatic heterocycles. The summed E-state index contributed by atoms with van der Waals surface area (Å²) in [5.41, 5.74) is 12.7. The molecule has 14 N–H and O–H groups in total. The molecule has 8 atom stereocenters. The molecule has 0 radical (unpaired) electrons. The van der Waals surface area contributed by atoms with Gasteiger partial charge in [-0.15, -0.1) is 0 Å². The minimum absolute atomic E-state index is 0.00106. The van der Waals surface area contributed by atoms with Crippen LogP contribution in [-0.2, 0) is 71.9 Å². The van der Waals surface area contributed by atoms with Crippen LogP contribution >= 0.6 is 0 Å². The molecule has 0 aliphatic carbocycles. The summed E-state index contributed by atoms with van der Waals surface area (Å²) in [6, 6.07) is 7.61. The van der Waals surface area contributed by atoms with E-state index in [1.54, 1.807) is 77.2 Å². The van der Waals surface area contributed by atoms with Gasteiger partial charge in [-0.25, -0.2) is 9.78 Å². The molecule has 0 fully saturated rings. The molecule has 2 aromatic carbocycles. The number of aromatic amines is 2. The number of hydrogen-bond acceptors (Lipinski definition) is 13. The summed E-state index contributed by atoms with van der Waals surface area (Å²) in [6.07, 6.45) is 4.51. The van der Waals surface area contributed by atoms with Gasteiger partial charge in [0.2, 0.25) is 53.2 Å². The zero-order valence-electron chi connectivity index (χ0n) is 49.0. The second kappa shape index (κ2) is 32.9. The first kappa shape index (κ1) is 67.2. The van der Waals surface area contributed by atoms with Crippen LogP contribution in [-0.4, -0.2) is 141 Å². The number of carbonyl (C=O) groups excluding carboxylic acids is 10. The number of hydrogen-bond donors (Lipinski definition) is 12. The van der Waals surface area contributed by atoms with Gasteiger partial charge in [-0.05, 0) is 76.0 Å². The molecule has 0 saturated heterocycles. The molecule has 0 aliphatic heterocycles. The summed E-state index contributed by atoms with van der Waals surface area (Å²) in [6.45, 7) is 14.9. The molecule has 10 amide bonds. The highest BCUT2D eigenvalue weighted by molar-refractivity contribution is 5.98. The van der Waals surface area contributed by atoms with Crippen LogP contribution in [0.2, 0.25) is 0 Å². The van der Waals surface area contributed by atoms with Gasteiger partial charge in [0.05, 0.1) is 25.5 Å². The summed E-state index contributed by atoms with van der Waals surface area (Å²) in [5, 5.41) is 22.0. The number of carbonyl (C=O) groups is 10. The van der Waals surface area contributed by atoms with Crippen LogP contribution in [0, 0.1) is 11.8 Å². The average molecular weight is 1160 g/mol. The van der Waals surface area contributed by atoms with E-state index < -0.39 is 126 Å². The number of primary amides is 2. The minimum Gasteiger partial charge on any atom is -0.444 e. The number of nitrogens with two attached hydrogens (primary N) is 2. The van der Waals surface area contributed by atoms with Crippen molar-refractivity contribution >= 4 is 70.2 Å². The lowest BCUT2D eigenvalue weighted by atomic mass is 10.0. The van der Waals surface area contributed by atoms with Crippen molar-refractivity contribution < 1.29 is 57.4 Å². The molecule has 454 valence electrons. The van der Waals surface area contributed by atoms with Crippen molar-refractivity contribution in [2.75, 3.05) is 13.2 Å². The van der Waals surface area contributed by atoms with Gasteiger partial charge in [0.1, 0.15) is 48.0 Å². The highest BCUT2D eigenvalue weighted by Crippen LogP contribution is 2.20. The number of nitrogens with one attached hydrogen (secondary N) is 10. The fourth-order valence-electron chi connectivity index (χ4n) is 8.85. The number of H-pyrrole nitrogens is 2. The Kier molecular flexibility index (Phi) is 26.6. The van der Waals surface area contributed by atoms with E-state index >= 15 is 0 Å². The van der Waals surface area contributed by atoms with E-state index in [1.165, 1.54) is 19.4 Å². The van der Waals surface area contributed by atoms with Crippen molar-refractivity contribution in [2.45, 2.75) is 174 Å². The molecule has 0 spiro atoms. The Morgan fingerprint density at radius 1 is 0.663 bits per heavy atom. The summed E-state index contributed by atoms with van der Waals surface area (Å²) in [7, 11) is 0.